The van der Waals surface area contributed by atoms with E-state index in [9.17, 15) is 15.3 Å². The van der Waals surface area contributed by atoms with Crippen LogP contribution >= 0.6 is 0 Å². The molecule has 2 saturated carbocycles. The van der Waals surface area contributed by atoms with E-state index in [2.05, 4.69) is 34.6 Å². The topological polar surface area (TPSA) is 60.7 Å². The summed E-state index contributed by atoms with van der Waals surface area (Å²) >= 11 is 0. The molecule has 0 aromatic carbocycles. The molecule has 36 heavy (non-hydrogen) atoms. The Balaban J connectivity index is 1.73. The summed E-state index contributed by atoms with van der Waals surface area (Å²) < 4.78 is 0. The second kappa shape index (κ2) is 17.5. The summed E-state index contributed by atoms with van der Waals surface area (Å²) in [5, 5.41) is 32.7. The van der Waals surface area contributed by atoms with Crippen molar-refractivity contribution < 1.29 is 15.3 Å². The third-order valence-corrected chi connectivity index (χ3v) is 10.6. The number of aliphatic hydroxyl groups is 3. The zero-order valence-corrected chi connectivity index (χ0v) is 24.8. The smallest absolute Gasteiger partial charge is 0.0801 e. The van der Waals surface area contributed by atoms with Crippen molar-refractivity contribution in [3.05, 3.63) is 0 Å². The van der Waals surface area contributed by atoms with E-state index in [0.29, 0.717) is 30.1 Å². The van der Waals surface area contributed by atoms with Crippen molar-refractivity contribution in [2.45, 2.75) is 169 Å². The maximum Gasteiger partial charge on any atom is 0.0801 e. The fraction of sp³-hybridized carbons (Fsp3) is 1.00. The highest BCUT2D eigenvalue weighted by atomic mass is 16.3. The molecule has 0 saturated heterocycles. The van der Waals surface area contributed by atoms with Crippen LogP contribution in [0.5, 0.6) is 0 Å². The first-order chi connectivity index (χ1) is 17.3. The number of hydrogen-bond acceptors (Lipinski definition) is 3. The van der Waals surface area contributed by atoms with Gasteiger partial charge in [0.05, 0.1) is 18.3 Å². The Bertz CT molecular complexity index is 535. The molecule has 0 aromatic heterocycles. The van der Waals surface area contributed by atoms with Gasteiger partial charge < -0.3 is 15.3 Å². The monoisotopic (exact) mass is 508 g/mol. The molecule has 3 N–H and O–H groups in total. The lowest BCUT2D eigenvalue weighted by molar-refractivity contribution is -0.0119. The van der Waals surface area contributed by atoms with Crippen molar-refractivity contribution >= 4 is 0 Å². The van der Waals surface area contributed by atoms with Gasteiger partial charge in [0.15, 0.2) is 0 Å². The molecule has 0 bridgehead atoms. The van der Waals surface area contributed by atoms with Crippen molar-refractivity contribution in [3.8, 4) is 0 Å². The zero-order valence-electron chi connectivity index (χ0n) is 24.8. The minimum absolute atomic E-state index is 0.206. The third kappa shape index (κ3) is 11.3. The Morgan fingerprint density at radius 1 is 0.694 bits per heavy atom. The van der Waals surface area contributed by atoms with Gasteiger partial charge in [0.2, 0.25) is 0 Å². The molecule has 0 radical (unpaired) electrons. The summed E-state index contributed by atoms with van der Waals surface area (Å²) in [4.78, 5) is 0. The van der Waals surface area contributed by atoms with Crippen LogP contribution in [0.4, 0.5) is 0 Å². The molecule has 2 rings (SSSR count). The molecule has 6 atom stereocenters. The SMILES string of the molecule is CCCC[C@@H](CC)CC1CCC(C[C@H](O)C(O)CCC(CC(O)C2CCC(C)CC2)C(C)CC)CC1. The molecule has 3 heteroatoms. The van der Waals surface area contributed by atoms with Gasteiger partial charge in [-0.15, -0.1) is 0 Å². The maximum atomic E-state index is 11.0. The lowest BCUT2D eigenvalue weighted by atomic mass is 9.74. The van der Waals surface area contributed by atoms with Crippen LogP contribution in [0.15, 0.2) is 0 Å². The molecular weight excluding hydrogens is 444 g/mol. The first-order valence-electron chi connectivity index (χ1n) is 16.3. The van der Waals surface area contributed by atoms with Crippen molar-refractivity contribution in [1.82, 2.24) is 0 Å². The van der Waals surface area contributed by atoms with Crippen LogP contribution in [0.1, 0.15) is 150 Å². The standard InChI is InChI=1S/C33H64O3/c1-6-9-10-26(8-3)21-27-13-15-28(16-14-27)22-33(36)31(34)20-19-30(25(5)7-2)23-32(35)29-17-11-24(4)12-18-29/h24-36H,6-23H2,1-5H3/t24?,25?,26-,27?,28?,29?,30?,31?,32?,33+/m1/s1. The van der Waals surface area contributed by atoms with Crippen LogP contribution in [-0.2, 0) is 0 Å². The first-order valence-corrected chi connectivity index (χ1v) is 16.3. The highest BCUT2D eigenvalue weighted by Gasteiger charge is 2.30. The molecule has 0 aromatic rings. The van der Waals surface area contributed by atoms with E-state index in [1.165, 1.54) is 70.6 Å². The molecule has 3 nitrogen and oxygen atoms in total. The predicted molar refractivity (Wildman–Crippen MR) is 154 cm³/mol. The Kier molecular flexibility index (Phi) is 15.6. The normalized spacial score (nSPS) is 30.3. The summed E-state index contributed by atoms with van der Waals surface area (Å²) in [5.41, 5.74) is 0. The van der Waals surface area contributed by atoms with Crippen LogP contribution in [0.3, 0.4) is 0 Å². The van der Waals surface area contributed by atoms with Gasteiger partial charge in [0.25, 0.3) is 0 Å². The number of hydrogen-bond donors (Lipinski definition) is 3. The van der Waals surface area contributed by atoms with Crippen LogP contribution in [0, 0.1) is 41.4 Å². The molecule has 0 heterocycles. The lowest BCUT2D eigenvalue weighted by Gasteiger charge is -2.34. The Morgan fingerprint density at radius 2 is 1.31 bits per heavy atom. The lowest BCUT2D eigenvalue weighted by Crippen LogP contribution is -2.32. The fourth-order valence-electron chi connectivity index (χ4n) is 7.37. The molecule has 4 unspecified atom stereocenters. The second-order valence-corrected chi connectivity index (χ2v) is 13.5. The number of rotatable bonds is 17. The summed E-state index contributed by atoms with van der Waals surface area (Å²) in [6.45, 7) is 11.5. The average molecular weight is 509 g/mol. The van der Waals surface area contributed by atoms with E-state index in [1.54, 1.807) is 0 Å². The summed E-state index contributed by atoms with van der Waals surface area (Å²) in [5.74, 6) is 4.59. The molecular formula is C33H64O3. The van der Waals surface area contributed by atoms with Crippen molar-refractivity contribution in [2.75, 3.05) is 0 Å². The molecule has 2 aliphatic carbocycles. The quantitative estimate of drug-likeness (QED) is 0.184. The van der Waals surface area contributed by atoms with E-state index in [-0.39, 0.29) is 6.10 Å². The van der Waals surface area contributed by atoms with Gasteiger partial charge in [-0.3, -0.25) is 0 Å². The Morgan fingerprint density at radius 3 is 1.86 bits per heavy atom. The second-order valence-electron chi connectivity index (χ2n) is 13.5. The van der Waals surface area contributed by atoms with Crippen molar-refractivity contribution in [3.63, 3.8) is 0 Å². The molecule has 0 aliphatic heterocycles. The van der Waals surface area contributed by atoms with Crippen LogP contribution < -0.4 is 0 Å². The van der Waals surface area contributed by atoms with Gasteiger partial charge in [0, 0.05) is 0 Å². The molecule has 0 amide bonds. The minimum atomic E-state index is -0.625. The van der Waals surface area contributed by atoms with Crippen LogP contribution in [0.2, 0.25) is 0 Å². The van der Waals surface area contributed by atoms with E-state index >= 15 is 0 Å². The van der Waals surface area contributed by atoms with Gasteiger partial charge in [0.1, 0.15) is 0 Å². The van der Waals surface area contributed by atoms with Gasteiger partial charge in [-0.2, -0.15) is 0 Å². The predicted octanol–water partition coefficient (Wildman–Crippen LogP) is 8.53. The zero-order chi connectivity index (χ0) is 26.5. The van der Waals surface area contributed by atoms with Gasteiger partial charge in [-0.05, 0) is 86.4 Å². The van der Waals surface area contributed by atoms with E-state index in [1.807, 2.05) is 0 Å². The van der Waals surface area contributed by atoms with E-state index in [4.69, 9.17) is 0 Å². The fourth-order valence-corrected chi connectivity index (χ4v) is 7.37. The Hall–Kier alpha value is -0.120. The number of unbranched alkanes of at least 4 members (excludes halogenated alkanes) is 1. The van der Waals surface area contributed by atoms with Gasteiger partial charge in [-0.1, -0.05) is 105 Å². The first kappa shape index (κ1) is 32.1. The van der Waals surface area contributed by atoms with Crippen LogP contribution in [-0.4, -0.2) is 33.6 Å². The van der Waals surface area contributed by atoms with E-state index < -0.39 is 12.2 Å². The Labute approximate surface area is 225 Å². The molecule has 0 spiro atoms. The highest BCUT2D eigenvalue weighted by Crippen LogP contribution is 2.38. The molecule has 2 fully saturated rings. The van der Waals surface area contributed by atoms with Crippen molar-refractivity contribution in [1.29, 1.82) is 0 Å². The van der Waals surface area contributed by atoms with E-state index in [0.717, 1.165) is 56.3 Å². The van der Waals surface area contributed by atoms with Crippen molar-refractivity contribution in [2.24, 2.45) is 41.4 Å². The number of aliphatic hydroxyl groups excluding tert-OH is 3. The maximum absolute atomic E-state index is 11.0. The summed E-state index contributed by atoms with van der Waals surface area (Å²) in [6.07, 6.45) is 19.6. The van der Waals surface area contributed by atoms with Gasteiger partial charge >= 0.3 is 0 Å². The van der Waals surface area contributed by atoms with Gasteiger partial charge in [-0.25, -0.2) is 0 Å². The third-order valence-electron chi connectivity index (χ3n) is 10.6. The molecule has 214 valence electrons. The summed E-state index contributed by atoms with van der Waals surface area (Å²) in [6, 6.07) is 0. The van der Waals surface area contributed by atoms with Crippen LogP contribution in [0.25, 0.3) is 0 Å². The minimum Gasteiger partial charge on any atom is -0.393 e. The highest BCUT2D eigenvalue weighted by molar-refractivity contribution is 4.82. The summed E-state index contributed by atoms with van der Waals surface area (Å²) in [7, 11) is 0. The largest absolute Gasteiger partial charge is 0.393 e. The molecule has 2 aliphatic rings. The average Bonchev–Trinajstić information content (AvgIpc) is 2.89.